The summed E-state index contributed by atoms with van der Waals surface area (Å²) in [6.07, 6.45) is 3.91. The zero-order valence-corrected chi connectivity index (χ0v) is 14.5. The van der Waals surface area contributed by atoms with Crippen molar-refractivity contribution in [2.24, 2.45) is 5.92 Å². The lowest BCUT2D eigenvalue weighted by atomic mass is 9.85. The van der Waals surface area contributed by atoms with E-state index in [4.69, 9.17) is 0 Å². The zero-order chi connectivity index (χ0) is 17.1. The molecule has 0 radical (unpaired) electrons. The molecule has 7 heteroatoms. The van der Waals surface area contributed by atoms with Crippen LogP contribution in [0.1, 0.15) is 35.2 Å². The van der Waals surface area contributed by atoms with E-state index in [0.29, 0.717) is 12.1 Å². The van der Waals surface area contributed by atoms with E-state index in [2.05, 4.69) is 20.4 Å². The molecule has 0 spiro atoms. The summed E-state index contributed by atoms with van der Waals surface area (Å²) in [5.74, 6) is 1.52. The molecule has 1 heterocycles. The number of hydrogen-bond donors (Lipinski definition) is 0. The molecule has 1 aromatic carbocycles. The smallest absolute Gasteiger partial charge is 0.253 e. The predicted octanol–water partition coefficient (Wildman–Crippen LogP) is 1.66. The van der Waals surface area contributed by atoms with Gasteiger partial charge in [-0.1, -0.05) is 23.7 Å². The van der Waals surface area contributed by atoms with Crippen molar-refractivity contribution in [2.75, 3.05) is 32.6 Å². The lowest BCUT2D eigenvalue weighted by molar-refractivity contribution is 0.0827. The first-order valence-corrected chi connectivity index (χ1v) is 8.32. The van der Waals surface area contributed by atoms with Crippen molar-refractivity contribution in [1.82, 2.24) is 25.1 Å². The maximum atomic E-state index is 12.1. The van der Waals surface area contributed by atoms with E-state index < -0.39 is 0 Å². The van der Waals surface area contributed by atoms with Crippen molar-refractivity contribution in [2.45, 2.75) is 25.8 Å². The highest BCUT2D eigenvalue weighted by Crippen LogP contribution is 2.27. The van der Waals surface area contributed by atoms with E-state index in [1.54, 1.807) is 23.7 Å². The van der Waals surface area contributed by atoms with Crippen LogP contribution in [0, 0.1) is 5.92 Å². The van der Waals surface area contributed by atoms with Crippen LogP contribution in [0.25, 0.3) is 0 Å². The van der Waals surface area contributed by atoms with Gasteiger partial charge in [0.2, 0.25) is 5.95 Å². The Bertz CT molecular complexity index is 707. The van der Waals surface area contributed by atoms with Gasteiger partial charge in [0, 0.05) is 33.3 Å². The molecule has 0 saturated heterocycles. The second-order valence-corrected chi connectivity index (χ2v) is 6.71. The van der Waals surface area contributed by atoms with Gasteiger partial charge in [0.25, 0.3) is 5.91 Å². The van der Waals surface area contributed by atoms with Gasteiger partial charge in [-0.05, 0) is 46.9 Å². The number of anilines is 1. The minimum atomic E-state index is -0.00381. The molecular weight excluding hydrogens is 304 g/mol. The van der Waals surface area contributed by atoms with Crippen molar-refractivity contribution >= 4 is 11.9 Å². The van der Waals surface area contributed by atoms with Crippen LogP contribution in [-0.2, 0) is 6.54 Å². The van der Waals surface area contributed by atoms with Crippen molar-refractivity contribution in [1.29, 1.82) is 0 Å². The highest BCUT2D eigenvalue weighted by Gasteiger charge is 2.21. The van der Waals surface area contributed by atoms with E-state index in [-0.39, 0.29) is 5.91 Å². The number of carbonyl (C=O) groups is 1. The van der Waals surface area contributed by atoms with Gasteiger partial charge in [0.05, 0.1) is 6.54 Å². The Hall–Kier alpha value is -2.44. The van der Waals surface area contributed by atoms with Crippen LogP contribution >= 0.6 is 0 Å². The summed E-state index contributed by atoms with van der Waals surface area (Å²) >= 11 is 0. The molecule has 1 aliphatic carbocycles. The SMILES string of the molecule is CN(C)C(=O)c1cccc(Cn2nnnc2N(C)CC2CCC2)c1. The summed E-state index contributed by atoms with van der Waals surface area (Å²) in [6.45, 7) is 1.53. The van der Waals surface area contributed by atoms with Gasteiger partial charge in [-0.2, -0.15) is 0 Å². The van der Waals surface area contributed by atoms with Gasteiger partial charge in [-0.25, -0.2) is 4.68 Å². The van der Waals surface area contributed by atoms with Gasteiger partial charge in [0.1, 0.15) is 0 Å². The number of amides is 1. The second-order valence-electron chi connectivity index (χ2n) is 6.71. The van der Waals surface area contributed by atoms with Crippen LogP contribution < -0.4 is 4.90 Å². The van der Waals surface area contributed by atoms with Crippen LogP contribution in [-0.4, -0.2) is 58.7 Å². The summed E-state index contributed by atoms with van der Waals surface area (Å²) in [7, 11) is 5.54. The van der Waals surface area contributed by atoms with Crippen molar-refractivity contribution in [3.63, 3.8) is 0 Å². The van der Waals surface area contributed by atoms with Gasteiger partial charge in [-0.15, -0.1) is 0 Å². The number of aromatic nitrogens is 4. The van der Waals surface area contributed by atoms with E-state index in [9.17, 15) is 4.79 Å². The molecular formula is C17H24N6O. The molecule has 0 aliphatic heterocycles. The maximum Gasteiger partial charge on any atom is 0.253 e. The number of hydrogen-bond acceptors (Lipinski definition) is 5. The third kappa shape index (κ3) is 3.55. The average Bonchev–Trinajstić information content (AvgIpc) is 2.98. The Labute approximate surface area is 142 Å². The molecule has 1 fully saturated rings. The first-order chi connectivity index (χ1) is 11.5. The average molecular weight is 328 g/mol. The number of rotatable bonds is 6. The van der Waals surface area contributed by atoms with E-state index in [0.717, 1.165) is 24.0 Å². The van der Waals surface area contributed by atoms with Crippen LogP contribution in [0.3, 0.4) is 0 Å². The Morgan fingerprint density at radius 3 is 2.75 bits per heavy atom. The highest BCUT2D eigenvalue weighted by molar-refractivity contribution is 5.94. The third-order valence-electron chi connectivity index (χ3n) is 4.52. The Morgan fingerprint density at radius 1 is 1.29 bits per heavy atom. The van der Waals surface area contributed by atoms with E-state index in [1.165, 1.54) is 19.3 Å². The zero-order valence-electron chi connectivity index (χ0n) is 14.5. The topological polar surface area (TPSA) is 67.2 Å². The molecule has 1 aromatic heterocycles. The highest BCUT2D eigenvalue weighted by atomic mass is 16.2. The molecule has 0 unspecified atom stereocenters. The Morgan fingerprint density at radius 2 is 2.08 bits per heavy atom. The molecule has 1 amide bonds. The molecule has 1 saturated carbocycles. The number of carbonyl (C=O) groups excluding carboxylic acids is 1. The predicted molar refractivity (Wildman–Crippen MR) is 92.0 cm³/mol. The van der Waals surface area contributed by atoms with Crippen LogP contribution in [0.4, 0.5) is 5.95 Å². The molecule has 128 valence electrons. The molecule has 0 bridgehead atoms. The van der Waals surface area contributed by atoms with Gasteiger partial charge >= 0.3 is 0 Å². The fourth-order valence-corrected chi connectivity index (χ4v) is 2.95. The normalized spacial score (nSPS) is 14.3. The lowest BCUT2D eigenvalue weighted by Crippen LogP contribution is -2.31. The van der Waals surface area contributed by atoms with Crippen LogP contribution in [0.15, 0.2) is 24.3 Å². The fraction of sp³-hybridized carbons (Fsp3) is 0.529. The van der Waals surface area contributed by atoms with E-state index in [1.807, 2.05) is 31.3 Å². The molecule has 24 heavy (non-hydrogen) atoms. The van der Waals surface area contributed by atoms with Crippen LogP contribution in [0.2, 0.25) is 0 Å². The summed E-state index contributed by atoms with van der Waals surface area (Å²) < 4.78 is 1.79. The summed E-state index contributed by atoms with van der Waals surface area (Å²) in [5, 5.41) is 12.1. The first kappa shape index (κ1) is 16.4. The van der Waals surface area contributed by atoms with Crippen molar-refractivity contribution < 1.29 is 4.79 Å². The standard InChI is InChI=1S/C17H24N6O/c1-21(2)16(24)15-9-5-8-14(10-15)12-23-17(18-19-20-23)22(3)11-13-6-4-7-13/h5,8-10,13H,4,6-7,11-12H2,1-3H3. The lowest BCUT2D eigenvalue weighted by Gasteiger charge is -2.30. The summed E-state index contributed by atoms with van der Waals surface area (Å²) in [4.78, 5) is 15.8. The van der Waals surface area contributed by atoms with Crippen molar-refractivity contribution in [3.05, 3.63) is 35.4 Å². The Kier molecular flexibility index (Phi) is 4.78. The largest absolute Gasteiger partial charge is 0.345 e. The number of benzene rings is 1. The molecule has 0 atom stereocenters. The maximum absolute atomic E-state index is 12.1. The first-order valence-electron chi connectivity index (χ1n) is 8.32. The number of tetrazole rings is 1. The second kappa shape index (κ2) is 6.98. The van der Waals surface area contributed by atoms with Gasteiger partial charge in [0.15, 0.2) is 0 Å². The Balaban J connectivity index is 1.73. The third-order valence-corrected chi connectivity index (χ3v) is 4.52. The number of nitrogens with zero attached hydrogens (tertiary/aromatic N) is 6. The minimum Gasteiger partial charge on any atom is -0.345 e. The van der Waals surface area contributed by atoms with Gasteiger partial charge in [-0.3, -0.25) is 4.79 Å². The quantitative estimate of drug-likeness (QED) is 0.807. The fourth-order valence-electron chi connectivity index (χ4n) is 2.95. The molecule has 0 N–H and O–H groups in total. The molecule has 7 nitrogen and oxygen atoms in total. The van der Waals surface area contributed by atoms with Crippen LogP contribution in [0.5, 0.6) is 0 Å². The molecule has 1 aliphatic rings. The minimum absolute atomic E-state index is 0.00381. The summed E-state index contributed by atoms with van der Waals surface area (Å²) in [5.41, 5.74) is 1.68. The van der Waals surface area contributed by atoms with Crippen molar-refractivity contribution in [3.8, 4) is 0 Å². The monoisotopic (exact) mass is 328 g/mol. The molecule has 2 aromatic rings. The summed E-state index contributed by atoms with van der Waals surface area (Å²) in [6, 6.07) is 7.62. The van der Waals surface area contributed by atoms with E-state index >= 15 is 0 Å². The molecule has 3 rings (SSSR count). The van der Waals surface area contributed by atoms with Gasteiger partial charge < -0.3 is 9.80 Å².